The van der Waals surface area contributed by atoms with Crippen molar-refractivity contribution in [2.24, 2.45) is 23.2 Å². The van der Waals surface area contributed by atoms with Gasteiger partial charge in [0.1, 0.15) is 12.4 Å². The molecule has 100 valence electrons. The predicted molar refractivity (Wildman–Crippen MR) is 66.8 cm³/mol. The minimum Gasteiger partial charge on any atom is -0.462 e. The summed E-state index contributed by atoms with van der Waals surface area (Å²) >= 11 is 0. The van der Waals surface area contributed by atoms with Crippen LogP contribution in [0.5, 0.6) is 0 Å². The molecule has 1 unspecified atom stereocenters. The number of hydrogen-bond acceptors (Lipinski definition) is 3. The van der Waals surface area contributed by atoms with Crippen molar-refractivity contribution in [1.29, 1.82) is 0 Å². The first-order valence-corrected chi connectivity index (χ1v) is 7.26. The minimum atomic E-state index is -0.261. The first-order chi connectivity index (χ1) is 8.61. The lowest BCUT2D eigenvalue weighted by Gasteiger charge is -2.55. The highest BCUT2D eigenvalue weighted by molar-refractivity contribution is 5.78. The Morgan fingerprint density at radius 1 is 1.22 bits per heavy atom. The molecule has 4 bridgehead atoms. The molecule has 18 heavy (non-hydrogen) atoms. The van der Waals surface area contributed by atoms with Crippen molar-refractivity contribution in [2.45, 2.75) is 58.0 Å². The van der Waals surface area contributed by atoms with Crippen molar-refractivity contribution < 1.29 is 14.3 Å². The number of hydrogen-bond donors (Lipinski definition) is 0. The normalized spacial score (nSPS) is 42.6. The van der Waals surface area contributed by atoms with E-state index in [2.05, 4.69) is 0 Å². The Balaban J connectivity index is 1.71. The van der Waals surface area contributed by atoms with Gasteiger partial charge in [0, 0.05) is 6.42 Å². The SMILES string of the molecule is CC(CC=O)OC(=O)C12CC3CC(CC(C3)C1)C2. The van der Waals surface area contributed by atoms with E-state index in [0.717, 1.165) is 43.3 Å². The second-order valence-electron chi connectivity index (χ2n) is 6.82. The highest BCUT2D eigenvalue weighted by Crippen LogP contribution is 2.60. The van der Waals surface area contributed by atoms with Crippen LogP contribution in [0.15, 0.2) is 0 Å². The summed E-state index contributed by atoms with van der Waals surface area (Å²) in [4.78, 5) is 22.9. The molecule has 0 aromatic rings. The molecule has 4 fully saturated rings. The van der Waals surface area contributed by atoms with Crippen LogP contribution in [0.4, 0.5) is 0 Å². The molecule has 0 heterocycles. The van der Waals surface area contributed by atoms with E-state index in [1.54, 1.807) is 0 Å². The number of rotatable bonds is 4. The van der Waals surface area contributed by atoms with E-state index in [1.807, 2.05) is 6.92 Å². The summed E-state index contributed by atoms with van der Waals surface area (Å²) in [5.41, 5.74) is -0.189. The molecule has 0 radical (unpaired) electrons. The summed E-state index contributed by atoms with van der Waals surface area (Å²) in [6, 6.07) is 0. The van der Waals surface area contributed by atoms with Crippen molar-refractivity contribution >= 4 is 12.3 Å². The quantitative estimate of drug-likeness (QED) is 0.569. The maximum Gasteiger partial charge on any atom is 0.312 e. The molecule has 0 aromatic heterocycles. The van der Waals surface area contributed by atoms with Crippen LogP contribution in [0.2, 0.25) is 0 Å². The molecule has 3 nitrogen and oxygen atoms in total. The van der Waals surface area contributed by atoms with Crippen LogP contribution in [-0.4, -0.2) is 18.4 Å². The van der Waals surface area contributed by atoms with Gasteiger partial charge >= 0.3 is 5.97 Å². The molecule has 0 amide bonds. The lowest BCUT2D eigenvalue weighted by atomic mass is 9.49. The molecule has 4 rings (SSSR count). The lowest BCUT2D eigenvalue weighted by molar-refractivity contribution is -0.176. The maximum absolute atomic E-state index is 12.4. The lowest BCUT2D eigenvalue weighted by Crippen LogP contribution is -2.51. The van der Waals surface area contributed by atoms with Gasteiger partial charge in [0.05, 0.1) is 5.41 Å². The summed E-state index contributed by atoms with van der Waals surface area (Å²) in [6.45, 7) is 1.81. The molecular weight excluding hydrogens is 228 g/mol. The van der Waals surface area contributed by atoms with Crippen molar-refractivity contribution in [3.05, 3.63) is 0 Å². The number of esters is 1. The molecule has 0 saturated heterocycles. The summed E-state index contributed by atoms with van der Waals surface area (Å²) in [5.74, 6) is 2.25. The van der Waals surface area contributed by atoms with Crippen LogP contribution in [0.3, 0.4) is 0 Å². The topological polar surface area (TPSA) is 43.4 Å². The monoisotopic (exact) mass is 250 g/mol. The van der Waals surface area contributed by atoms with Gasteiger partial charge in [-0.15, -0.1) is 0 Å². The molecule has 3 heteroatoms. The number of ether oxygens (including phenoxy) is 1. The minimum absolute atomic E-state index is 0.0176. The van der Waals surface area contributed by atoms with E-state index < -0.39 is 0 Å². The van der Waals surface area contributed by atoms with Crippen LogP contribution >= 0.6 is 0 Å². The predicted octanol–water partition coefficient (Wildman–Crippen LogP) is 2.72. The third kappa shape index (κ3) is 1.98. The van der Waals surface area contributed by atoms with Gasteiger partial charge < -0.3 is 9.53 Å². The average Bonchev–Trinajstić information content (AvgIpc) is 2.27. The third-order valence-corrected chi connectivity index (χ3v) is 5.21. The molecule has 0 aliphatic heterocycles. The fraction of sp³-hybridized carbons (Fsp3) is 0.867. The van der Waals surface area contributed by atoms with Gasteiger partial charge in [0.25, 0.3) is 0 Å². The van der Waals surface area contributed by atoms with Crippen molar-refractivity contribution in [3.63, 3.8) is 0 Å². The third-order valence-electron chi connectivity index (χ3n) is 5.21. The Morgan fingerprint density at radius 2 is 1.72 bits per heavy atom. The molecule has 1 atom stereocenters. The maximum atomic E-state index is 12.4. The fourth-order valence-corrected chi connectivity index (χ4v) is 4.85. The van der Waals surface area contributed by atoms with E-state index in [1.165, 1.54) is 19.3 Å². The summed E-state index contributed by atoms with van der Waals surface area (Å²) < 4.78 is 5.51. The molecule has 0 spiro atoms. The van der Waals surface area contributed by atoms with E-state index in [0.29, 0.717) is 6.42 Å². The Hall–Kier alpha value is -0.860. The van der Waals surface area contributed by atoms with Crippen LogP contribution in [0, 0.1) is 23.2 Å². The van der Waals surface area contributed by atoms with Crippen molar-refractivity contribution in [3.8, 4) is 0 Å². The van der Waals surface area contributed by atoms with Crippen LogP contribution in [-0.2, 0) is 14.3 Å². The Morgan fingerprint density at radius 3 is 2.17 bits per heavy atom. The summed E-state index contributed by atoms with van der Waals surface area (Å²) in [6.07, 6.45) is 7.98. The molecule has 0 aromatic carbocycles. The van der Waals surface area contributed by atoms with Gasteiger partial charge in [-0.05, 0) is 63.2 Å². The second kappa shape index (κ2) is 4.36. The smallest absolute Gasteiger partial charge is 0.312 e. The van der Waals surface area contributed by atoms with Gasteiger partial charge in [-0.1, -0.05) is 0 Å². The van der Waals surface area contributed by atoms with E-state index in [4.69, 9.17) is 4.74 Å². The zero-order valence-corrected chi connectivity index (χ0v) is 11.1. The zero-order chi connectivity index (χ0) is 12.8. The van der Waals surface area contributed by atoms with Crippen molar-refractivity contribution in [2.75, 3.05) is 0 Å². The molecule has 4 saturated carbocycles. The summed E-state index contributed by atoms with van der Waals surface area (Å²) in [7, 11) is 0. The number of carbonyl (C=O) groups excluding carboxylic acids is 2. The van der Waals surface area contributed by atoms with Crippen LogP contribution in [0.25, 0.3) is 0 Å². The standard InChI is InChI=1S/C15H22O3/c1-10(2-3-16)18-14(17)15-7-11-4-12(8-15)6-13(5-11)9-15/h3,10-13H,2,4-9H2,1H3. The second-order valence-corrected chi connectivity index (χ2v) is 6.82. The van der Waals surface area contributed by atoms with Gasteiger partial charge in [-0.3, -0.25) is 4.79 Å². The van der Waals surface area contributed by atoms with E-state index >= 15 is 0 Å². The summed E-state index contributed by atoms with van der Waals surface area (Å²) in [5, 5.41) is 0. The molecule has 0 N–H and O–H groups in total. The Kier molecular flexibility index (Phi) is 2.95. The number of carbonyl (C=O) groups is 2. The first kappa shape index (κ1) is 12.2. The van der Waals surface area contributed by atoms with Gasteiger partial charge in [0.15, 0.2) is 0 Å². The van der Waals surface area contributed by atoms with E-state index in [9.17, 15) is 9.59 Å². The zero-order valence-electron chi connectivity index (χ0n) is 11.1. The van der Waals surface area contributed by atoms with Gasteiger partial charge in [0.2, 0.25) is 0 Å². The largest absolute Gasteiger partial charge is 0.462 e. The molecule has 4 aliphatic carbocycles. The van der Waals surface area contributed by atoms with Gasteiger partial charge in [-0.2, -0.15) is 0 Å². The Bertz CT molecular complexity index is 325. The average molecular weight is 250 g/mol. The fourth-order valence-electron chi connectivity index (χ4n) is 4.85. The highest BCUT2D eigenvalue weighted by Gasteiger charge is 2.55. The highest BCUT2D eigenvalue weighted by atomic mass is 16.5. The van der Waals surface area contributed by atoms with Crippen LogP contribution < -0.4 is 0 Å². The molecule has 4 aliphatic rings. The van der Waals surface area contributed by atoms with Crippen LogP contribution in [0.1, 0.15) is 51.9 Å². The number of aldehydes is 1. The first-order valence-electron chi connectivity index (χ1n) is 7.26. The Labute approximate surface area is 108 Å². The van der Waals surface area contributed by atoms with Crippen molar-refractivity contribution in [1.82, 2.24) is 0 Å². The van der Waals surface area contributed by atoms with E-state index in [-0.39, 0.29) is 17.5 Å². The molecular formula is C15H22O3. The van der Waals surface area contributed by atoms with Gasteiger partial charge in [-0.25, -0.2) is 0 Å².